The molecule has 0 atom stereocenters. The first-order valence-electron chi connectivity index (χ1n) is 10.9. The molecular weight excluding hydrogens is 441 g/mol. The highest BCUT2D eigenvalue weighted by Gasteiger charge is 2.27. The van der Waals surface area contributed by atoms with Crippen LogP contribution in [-0.4, -0.2) is 33.6 Å². The average Bonchev–Trinajstić information content (AvgIpc) is 3.28. The highest BCUT2D eigenvalue weighted by molar-refractivity contribution is 6.31. The van der Waals surface area contributed by atoms with Gasteiger partial charge in [0.05, 0.1) is 5.69 Å². The topological polar surface area (TPSA) is 62.5 Å². The SMILES string of the molecule is O=C(NCc1ccccc1Cl)C1CCN(c2nccn3nc(-c4ccc(F)cc4)cc23)CC1. The van der Waals surface area contributed by atoms with Crippen molar-refractivity contribution in [3.63, 3.8) is 0 Å². The van der Waals surface area contributed by atoms with Crippen LogP contribution < -0.4 is 10.2 Å². The van der Waals surface area contributed by atoms with E-state index in [1.807, 2.05) is 30.3 Å². The molecule has 2 aromatic heterocycles. The molecule has 2 aromatic carbocycles. The highest BCUT2D eigenvalue weighted by Crippen LogP contribution is 2.28. The molecule has 1 N–H and O–H groups in total. The molecule has 8 heteroatoms. The van der Waals surface area contributed by atoms with E-state index in [-0.39, 0.29) is 17.6 Å². The second-order valence-corrected chi connectivity index (χ2v) is 8.59. The van der Waals surface area contributed by atoms with Gasteiger partial charge in [0.2, 0.25) is 5.91 Å². The summed E-state index contributed by atoms with van der Waals surface area (Å²) in [5, 5.41) is 8.30. The van der Waals surface area contributed by atoms with Gasteiger partial charge in [0.1, 0.15) is 11.3 Å². The minimum absolute atomic E-state index is 0.0387. The Morgan fingerprint density at radius 2 is 1.88 bits per heavy atom. The third-order valence-corrected chi connectivity index (χ3v) is 6.45. The number of anilines is 1. The number of fused-ring (bicyclic) bond motifs is 1. The third kappa shape index (κ3) is 4.54. The molecule has 168 valence electrons. The number of nitrogens with one attached hydrogen (secondary N) is 1. The lowest BCUT2D eigenvalue weighted by molar-refractivity contribution is -0.125. The number of amides is 1. The lowest BCUT2D eigenvalue weighted by atomic mass is 9.95. The molecule has 5 rings (SSSR count). The maximum Gasteiger partial charge on any atom is 0.223 e. The van der Waals surface area contributed by atoms with Crippen LogP contribution in [0.25, 0.3) is 16.8 Å². The van der Waals surface area contributed by atoms with Crippen molar-refractivity contribution in [1.82, 2.24) is 19.9 Å². The standard InChI is InChI=1S/C25H23ClFN5O/c26-21-4-2-1-3-19(21)16-29-25(33)18-9-12-31(13-10-18)24-23-15-22(30-32(23)14-11-28-24)17-5-7-20(27)8-6-17/h1-8,11,14-15,18H,9-10,12-13,16H2,(H,29,33). The number of piperidine rings is 1. The monoisotopic (exact) mass is 463 g/mol. The van der Waals surface area contributed by atoms with Crippen LogP contribution in [0.4, 0.5) is 10.2 Å². The fourth-order valence-corrected chi connectivity index (χ4v) is 4.44. The first kappa shape index (κ1) is 21.4. The number of hydrogen-bond acceptors (Lipinski definition) is 4. The zero-order chi connectivity index (χ0) is 22.8. The van der Waals surface area contributed by atoms with E-state index < -0.39 is 0 Å². The van der Waals surface area contributed by atoms with Crippen LogP contribution in [0.3, 0.4) is 0 Å². The van der Waals surface area contributed by atoms with Gasteiger partial charge in [0.25, 0.3) is 0 Å². The predicted octanol–water partition coefficient (Wildman–Crippen LogP) is 4.72. The van der Waals surface area contributed by atoms with E-state index in [1.54, 1.807) is 29.0 Å². The van der Waals surface area contributed by atoms with Crippen molar-refractivity contribution in [2.45, 2.75) is 19.4 Å². The van der Waals surface area contributed by atoms with E-state index in [9.17, 15) is 9.18 Å². The van der Waals surface area contributed by atoms with E-state index in [0.717, 1.165) is 54.1 Å². The lowest BCUT2D eigenvalue weighted by Crippen LogP contribution is -2.40. The van der Waals surface area contributed by atoms with Crippen molar-refractivity contribution in [3.8, 4) is 11.3 Å². The molecule has 0 aliphatic carbocycles. The highest BCUT2D eigenvalue weighted by atomic mass is 35.5. The Morgan fingerprint density at radius 1 is 1.12 bits per heavy atom. The van der Waals surface area contributed by atoms with Gasteiger partial charge in [0, 0.05) is 48.5 Å². The summed E-state index contributed by atoms with van der Waals surface area (Å²) in [6.45, 7) is 1.89. The lowest BCUT2D eigenvalue weighted by Gasteiger charge is -2.32. The van der Waals surface area contributed by atoms with Gasteiger partial charge in [-0.2, -0.15) is 5.10 Å². The van der Waals surface area contributed by atoms with Crippen molar-refractivity contribution in [2.24, 2.45) is 5.92 Å². The summed E-state index contributed by atoms with van der Waals surface area (Å²) < 4.78 is 15.1. The Balaban J connectivity index is 1.26. The van der Waals surface area contributed by atoms with Crippen molar-refractivity contribution in [2.75, 3.05) is 18.0 Å². The summed E-state index contributed by atoms with van der Waals surface area (Å²) in [5.41, 5.74) is 3.41. The first-order chi connectivity index (χ1) is 16.1. The first-order valence-corrected chi connectivity index (χ1v) is 11.3. The van der Waals surface area contributed by atoms with E-state index in [2.05, 4.69) is 20.3 Å². The Hall–Kier alpha value is -3.45. The summed E-state index contributed by atoms with van der Waals surface area (Å²) in [6.07, 6.45) is 5.03. The Kier molecular flexibility index (Phi) is 5.96. The van der Waals surface area contributed by atoms with Crippen molar-refractivity contribution in [1.29, 1.82) is 0 Å². The Labute approximate surface area is 196 Å². The molecule has 6 nitrogen and oxygen atoms in total. The number of halogens is 2. The number of hydrogen-bond donors (Lipinski definition) is 1. The summed E-state index contributed by atoms with van der Waals surface area (Å²) in [7, 11) is 0. The molecule has 0 bridgehead atoms. The fourth-order valence-electron chi connectivity index (χ4n) is 4.24. The number of benzene rings is 2. The number of nitrogens with zero attached hydrogens (tertiary/aromatic N) is 4. The fraction of sp³-hybridized carbons (Fsp3) is 0.240. The van der Waals surface area contributed by atoms with Gasteiger partial charge in [-0.15, -0.1) is 0 Å². The minimum Gasteiger partial charge on any atom is -0.355 e. The van der Waals surface area contributed by atoms with Crippen LogP contribution in [0.5, 0.6) is 0 Å². The molecule has 4 aromatic rings. The van der Waals surface area contributed by atoms with Crippen molar-refractivity contribution in [3.05, 3.63) is 83.4 Å². The zero-order valence-corrected chi connectivity index (χ0v) is 18.7. The smallest absolute Gasteiger partial charge is 0.223 e. The second kappa shape index (κ2) is 9.19. The van der Waals surface area contributed by atoms with Gasteiger partial charge < -0.3 is 10.2 Å². The Bertz CT molecular complexity index is 1280. The van der Waals surface area contributed by atoms with E-state index in [4.69, 9.17) is 11.6 Å². The van der Waals surface area contributed by atoms with Crippen molar-refractivity contribution >= 4 is 28.8 Å². The molecule has 3 heterocycles. The molecule has 0 radical (unpaired) electrons. The second-order valence-electron chi connectivity index (χ2n) is 8.19. The molecule has 33 heavy (non-hydrogen) atoms. The van der Waals surface area contributed by atoms with Gasteiger partial charge >= 0.3 is 0 Å². The van der Waals surface area contributed by atoms with Crippen LogP contribution in [0, 0.1) is 11.7 Å². The van der Waals surface area contributed by atoms with Crippen LogP contribution >= 0.6 is 11.6 Å². The average molecular weight is 464 g/mol. The zero-order valence-electron chi connectivity index (χ0n) is 17.9. The third-order valence-electron chi connectivity index (χ3n) is 6.09. The molecule has 1 aliphatic heterocycles. The van der Waals surface area contributed by atoms with Gasteiger partial charge in [-0.05, 0) is 54.8 Å². The van der Waals surface area contributed by atoms with Crippen LogP contribution in [0.2, 0.25) is 5.02 Å². The minimum atomic E-state index is -0.274. The van der Waals surface area contributed by atoms with Crippen molar-refractivity contribution < 1.29 is 9.18 Å². The molecule has 0 spiro atoms. The van der Waals surface area contributed by atoms with Crippen LogP contribution in [-0.2, 0) is 11.3 Å². The number of carbonyl (C=O) groups excluding carboxylic acids is 1. The molecule has 1 amide bonds. The molecular formula is C25H23ClFN5O. The summed E-state index contributed by atoms with van der Waals surface area (Å²) in [6, 6.07) is 15.8. The maximum atomic E-state index is 13.3. The van der Waals surface area contributed by atoms with Crippen LogP contribution in [0.1, 0.15) is 18.4 Å². The molecule has 1 fully saturated rings. The summed E-state index contributed by atoms with van der Waals surface area (Å²) in [4.78, 5) is 19.5. The molecule has 1 aliphatic rings. The van der Waals surface area contributed by atoms with E-state index >= 15 is 0 Å². The maximum absolute atomic E-state index is 13.3. The molecule has 0 unspecified atom stereocenters. The number of carbonyl (C=O) groups is 1. The van der Waals surface area contributed by atoms with Gasteiger partial charge in [-0.3, -0.25) is 4.79 Å². The van der Waals surface area contributed by atoms with E-state index in [0.29, 0.717) is 11.6 Å². The Morgan fingerprint density at radius 3 is 2.64 bits per heavy atom. The quantitative estimate of drug-likeness (QED) is 0.465. The predicted molar refractivity (Wildman–Crippen MR) is 127 cm³/mol. The van der Waals surface area contributed by atoms with Gasteiger partial charge in [-0.1, -0.05) is 29.8 Å². The molecule has 1 saturated heterocycles. The number of rotatable bonds is 5. The number of aromatic nitrogens is 3. The normalized spacial score (nSPS) is 14.5. The van der Waals surface area contributed by atoms with Crippen LogP contribution in [0.15, 0.2) is 67.0 Å². The van der Waals surface area contributed by atoms with E-state index in [1.165, 1.54) is 12.1 Å². The van der Waals surface area contributed by atoms with Gasteiger partial charge in [0.15, 0.2) is 5.82 Å². The summed E-state index contributed by atoms with van der Waals surface area (Å²) >= 11 is 6.19. The summed E-state index contributed by atoms with van der Waals surface area (Å²) in [5.74, 6) is 0.587. The largest absolute Gasteiger partial charge is 0.355 e. The molecule has 0 saturated carbocycles. The van der Waals surface area contributed by atoms with Gasteiger partial charge in [-0.25, -0.2) is 13.9 Å².